The molecule has 0 spiro atoms. The lowest BCUT2D eigenvalue weighted by atomic mass is 9.85. The fourth-order valence-electron chi connectivity index (χ4n) is 3.45. The number of rotatable bonds is 5. The first-order valence-corrected chi connectivity index (χ1v) is 11.3. The first-order chi connectivity index (χ1) is 14.5. The van der Waals surface area contributed by atoms with E-state index in [0.29, 0.717) is 12.8 Å². The molecule has 0 heterocycles. The van der Waals surface area contributed by atoms with Crippen LogP contribution >= 0.6 is 11.6 Å². The average Bonchev–Trinajstić information content (AvgIpc) is 2.69. The molecule has 2 atom stereocenters. The van der Waals surface area contributed by atoms with Crippen LogP contribution in [-0.2, 0) is 10.0 Å². The van der Waals surface area contributed by atoms with Crippen LogP contribution in [-0.4, -0.2) is 26.5 Å². The Hall–Kier alpha value is -2.33. The summed E-state index contributed by atoms with van der Waals surface area (Å²) >= 11 is 6.04. The molecule has 0 radical (unpaired) electrons. The molecule has 168 valence electrons. The highest BCUT2D eigenvalue weighted by molar-refractivity contribution is 7.92. The second-order valence-electron chi connectivity index (χ2n) is 7.33. The van der Waals surface area contributed by atoms with E-state index in [1.165, 1.54) is 18.2 Å². The maximum atomic E-state index is 13.0. The van der Waals surface area contributed by atoms with E-state index >= 15 is 0 Å². The molecule has 5 nitrogen and oxygen atoms in total. The quantitative estimate of drug-likeness (QED) is 0.585. The second kappa shape index (κ2) is 9.04. The number of carbonyl (C=O) groups is 1. The number of carbonyl (C=O) groups excluding carboxylic acids is 1. The Morgan fingerprint density at radius 2 is 1.74 bits per heavy atom. The van der Waals surface area contributed by atoms with Crippen molar-refractivity contribution in [3.05, 3.63) is 58.9 Å². The van der Waals surface area contributed by atoms with Crippen LogP contribution in [0.2, 0.25) is 5.02 Å². The van der Waals surface area contributed by atoms with Crippen LogP contribution in [0.3, 0.4) is 0 Å². The zero-order valence-electron chi connectivity index (χ0n) is 16.0. The van der Waals surface area contributed by atoms with Gasteiger partial charge in [-0.1, -0.05) is 18.0 Å². The molecule has 2 aromatic rings. The van der Waals surface area contributed by atoms with Gasteiger partial charge in [-0.15, -0.1) is 0 Å². The van der Waals surface area contributed by atoms with Crippen LogP contribution < -0.4 is 10.0 Å². The van der Waals surface area contributed by atoms with Gasteiger partial charge in [0.25, 0.3) is 15.9 Å². The number of amides is 1. The van der Waals surface area contributed by atoms with Crippen molar-refractivity contribution in [3.63, 3.8) is 0 Å². The van der Waals surface area contributed by atoms with Gasteiger partial charge >= 0.3 is 6.18 Å². The van der Waals surface area contributed by atoms with E-state index in [1.54, 1.807) is 0 Å². The number of alkyl halides is 3. The van der Waals surface area contributed by atoms with Crippen molar-refractivity contribution in [2.45, 2.75) is 42.8 Å². The van der Waals surface area contributed by atoms with Gasteiger partial charge in [-0.2, -0.15) is 13.2 Å². The number of nitrogens with one attached hydrogen (secondary N) is 2. The molecule has 11 heteroatoms. The van der Waals surface area contributed by atoms with Crippen molar-refractivity contribution in [3.8, 4) is 0 Å². The predicted octanol–water partition coefficient (Wildman–Crippen LogP) is 5.13. The normalized spacial score (nSPS) is 19.6. The highest BCUT2D eigenvalue weighted by Crippen LogP contribution is 2.37. The number of hydrogen-bond acceptors (Lipinski definition) is 3. The molecule has 2 N–H and O–H groups in total. The lowest BCUT2D eigenvalue weighted by Gasteiger charge is -2.31. The van der Waals surface area contributed by atoms with Crippen molar-refractivity contribution in [1.29, 1.82) is 0 Å². The van der Waals surface area contributed by atoms with E-state index in [1.807, 2.05) is 0 Å². The fraction of sp³-hybridized carbons (Fsp3) is 0.350. The summed E-state index contributed by atoms with van der Waals surface area (Å²) in [5, 5.41) is 2.59. The Balaban J connectivity index is 1.74. The van der Waals surface area contributed by atoms with E-state index < -0.39 is 39.9 Å². The van der Waals surface area contributed by atoms with E-state index in [2.05, 4.69) is 10.0 Å². The monoisotopic (exact) mass is 478 g/mol. The summed E-state index contributed by atoms with van der Waals surface area (Å²) in [5.74, 6) is -2.70. The van der Waals surface area contributed by atoms with Gasteiger partial charge < -0.3 is 5.32 Å². The largest absolute Gasteiger partial charge is 0.391 e. The van der Waals surface area contributed by atoms with Crippen molar-refractivity contribution in [2.75, 3.05) is 4.72 Å². The van der Waals surface area contributed by atoms with Gasteiger partial charge in [-0.05, 0) is 61.7 Å². The summed E-state index contributed by atoms with van der Waals surface area (Å²) in [6, 6.07) is 7.32. The van der Waals surface area contributed by atoms with Crippen molar-refractivity contribution in [2.24, 2.45) is 5.92 Å². The van der Waals surface area contributed by atoms with Gasteiger partial charge in [0, 0.05) is 11.6 Å². The van der Waals surface area contributed by atoms with Crippen LogP contribution in [0.5, 0.6) is 0 Å². The van der Waals surface area contributed by atoms with Crippen LogP contribution in [0.15, 0.2) is 47.4 Å². The highest BCUT2D eigenvalue weighted by atomic mass is 35.5. The predicted molar refractivity (Wildman–Crippen MR) is 108 cm³/mol. The molecule has 2 aromatic carbocycles. The average molecular weight is 479 g/mol. The molecular formula is C20H19ClF4N2O3S. The summed E-state index contributed by atoms with van der Waals surface area (Å²) < 4.78 is 79.2. The first-order valence-electron chi connectivity index (χ1n) is 9.41. The van der Waals surface area contributed by atoms with Gasteiger partial charge in [-0.25, -0.2) is 12.8 Å². The molecule has 31 heavy (non-hydrogen) atoms. The second-order valence-corrected chi connectivity index (χ2v) is 9.42. The van der Waals surface area contributed by atoms with Crippen molar-refractivity contribution < 1.29 is 30.8 Å². The molecule has 2 unspecified atom stereocenters. The summed E-state index contributed by atoms with van der Waals surface area (Å²) in [6.45, 7) is 0. The van der Waals surface area contributed by atoms with Gasteiger partial charge in [-0.3, -0.25) is 9.52 Å². The fourth-order valence-corrected chi connectivity index (χ4v) is 4.74. The van der Waals surface area contributed by atoms with Crippen molar-refractivity contribution in [1.82, 2.24) is 5.32 Å². The lowest BCUT2D eigenvalue weighted by Crippen LogP contribution is -2.41. The maximum Gasteiger partial charge on any atom is 0.391 e. The zero-order chi connectivity index (χ0) is 22.8. The minimum absolute atomic E-state index is 0.0111. The van der Waals surface area contributed by atoms with E-state index in [9.17, 15) is 30.8 Å². The Morgan fingerprint density at radius 3 is 2.39 bits per heavy atom. The topological polar surface area (TPSA) is 75.3 Å². The van der Waals surface area contributed by atoms with Gasteiger partial charge in [0.05, 0.1) is 21.5 Å². The molecule has 1 saturated carbocycles. The minimum Gasteiger partial charge on any atom is -0.349 e. The molecule has 1 aliphatic carbocycles. The molecular weight excluding hydrogens is 460 g/mol. The number of halogens is 5. The van der Waals surface area contributed by atoms with E-state index in [4.69, 9.17) is 11.6 Å². The third kappa shape index (κ3) is 5.88. The highest BCUT2D eigenvalue weighted by Gasteiger charge is 2.42. The first kappa shape index (κ1) is 23.3. The Bertz CT molecular complexity index is 1060. The Morgan fingerprint density at radius 1 is 1.06 bits per heavy atom. The molecule has 0 saturated heterocycles. The third-order valence-corrected chi connectivity index (χ3v) is 6.78. The van der Waals surface area contributed by atoms with Gasteiger partial charge in [0.1, 0.15) is 5.82 Å². The van der Waals surface area contributed by atoms with Gasteiger partial charge in [0.2, 0.25) is 0 Å². The summed E-state index contributed by atoms with van der Waals surface area (Å²) in [5.41, 5.74) is -0.0502. The molecule has 0 aliphatic heterocycles. The number of anilines is 1. The molecule has 1 amide bonds. The molecule has 3 rings (SSSR count). The van der Waals surface area contributed by atoms with Crippen LogP contribution in [0.1, 0.15) is 36.0 Å². The van der Waals surface area contributed by atoms with Crippen LogP contribution in [0, 0.1) is 11.7 Å². The number of benzene rings is 2. The van der Waals surface area contributed by atoms with Gasteiger partial charge in [0.15, 0.2) is 0 Å². The minimum atomic E-state index is -4.31. The van der Waals surface area contributed by atoms with E-state index in [-0.39, 0.29) is 34.0 Å². The number of sulfonamides is 1. The lowest BCUT2D eigenvalue weighted by molar-refractivity contribution is -0.183. The summed E-state index contributed by atoms with van der Waals surface area (Å²) in [6.07, 6.45) is -3.71. The molecule has 0 aromatic heterocycles. The SMILES string of the molecule is O=C(NC1CCCC(C(F)(F)F)C1)c1ccc(Cl)c(NS(=O)(=O)c2ccc(F)cc2)c1. The maximum absolute atomic E-state index is 13.0. The zero-order valence-corrected chi connectivity index (χ0v) is 17.6. The summed E-state index contributed by atoms with van der Waals surface area (Å²) in [4.78, 5) is 12.3. The van der Waals surface area contributed by atoms with Crippen LogP contribution in [0.25, 0.3) is 0 Å². The summed E-state index contributed by atoms with van der Waals surface area (Å²) in [7, 11) is -4.10. The molecule has 1 aliphatic rings. The Kier molecular flexibility index (Phi) is 6.80. The van der Waals surface area contributed by atoms with E-state index in [0.717, 1.165) is 24.3 Å². The van der Waals surface area contributed by atoms with Crippen molar-refractivity contribution >= 4 is 33.2 Å². The molecule has 1 fully saturated rings. The Labute approximate surface area is 181 Å². The number of hydrogen-bond donors (Lipinski definition) is 2. The standard InChI is InChI=1S/C20H19ClF4N2O3S/c21-17-9-4-12(19(28)26-15-3-1-2-13(11-15)20(23,24)25)10-18(17)27-31(29,30)16-7-5-14(22)6-8-16/h4-10,13,15,27H,1-3,11H2,(H,26,28). The smallest absolute Gasteiger partial charge is 0.349 e. The van der Waals surface area contributed by atoms with Crippen LogP contribution in [0.4, 0.5) is 23.2 Å². The molecule has 0 bridgehead atoms. The third-order valence-electron chi connectivity index (χ3n) is 5.07.